The summed E-state index contributed by atoms with van der Waals surface area (Å²) in [5.74, 6) is -2.74. The van der Waals surface area contributed by atoms with Crippen LogP contribution in [-0.4, -0.2) is 36.4 Å². The highest BCUT2D eigenvalue weighted by atomic mass is 31.2. The van der Waals surface area contributed by atoms with Crippen LogP contribution in [0.25, 0.3) is 0 Å². The first-order chi connectivity index (χ1) is 15.1. The number of carbonyl (C=O) groups is 2. The Morgan fingerprint density at radius 2 is 1.48 bits per heavy atom. The number of ether oxygens (including phenoxy) is 1. The highest BCUT2D eigenvalue weighted by Crippen LogP contribution is 2.56. The van der Waals surface area contributed by atoms with Gasteiger partial charge in [0.1, 0.15) is 5.60 Å². The van der Waals surface area contributed by atoms with Gasteiger partial charge < -0.3 is 19.1 Å². The van der Waals surface area contributed by atoms with Crippen LogP contribution in [0.1, 0.15) is 65.6 Å². The SMILES string of the molecule is CCOP(=O)(OCC)C(C(=O)OC(C)(C)C)C(C)C(=O)N[C@@H](C)c1ccc(C(F)(F)F)cc1. The van der Waals surface area contributed by atoms with Gasteiger partial charge in [-0.2, -0.15) is 13.2 Å². The number of benzene rings is 1. The third-order valence-electron chi connectivity index (χ3n) is 4.59. The van der Waals surface area contributed by atoms with E-state index in [1.165, 1.54) is 19.1 Å². The smallest absolute Gasteiger partial charge is 0.416 e. The summed E-state index contributed by atoms with van der Waals surface area (Å²) < 4.78 is 67.8. The van der Waals surface area contributed by atoms with Crippen LogP contribution in [-0.2, 0) is 34.1 Å². The zero-order valence-corrected chi connectivity index (χ0v) is 20.9. The molecule has 0 saturated carbocycles. The predicted molar refractivity (Wildman–Crippen MR) is 118 cm³/mol. The standard InChI is InChI=1S/C22H33F3NO6P/c1-8-30-33(29,31-9-2)18(20(28)32-21(5,6)7)14(3)19(27)26-15(4)16-10-12-17(13-11-16)22(23,24)25/h10-15,18H,8-9H2,1-7H3,(H,26,27)/t14?,15-,18?/m0/s1. The molecule has 0 aliphatic rings. The molecule has 1 aromatic rings. The van der Waals surface area contributed by atoms with Gasteiger partial charge in [-0.3, -0.25) is 14.2 Å². The van der Waals surface area contributed by atoms with Crippen molar-refractivity contribution in [1.29, 1.82) is 0 Å². The molecular formula is C22H33F3NO6P. The van der Waals surface area contributed by atoms with E-state index < -0.39 is 54.4 Å². The van der Waals surface area contributed by atoms with Crippen molar-refractivity contribution in [3.05, 3.63) is 35.4 Å². The molecule has 0 fully saturated rings. The number of rotatable bonds is 10. The molecule has 1 amide bonds. The highest BCUT2D eigenvalue weighted by molar-refractivity contribution is 7.55. The Bertz CT molecular complexity index is 841. The molecule has 0 aromatic heterocycles. The minimum Gasteiger partial charge on any atom is -0.459 e. The molecule has 11 heteroatoms. The molecule has 0 bridgehead atoms. The molecule has 0 radical (unpaired) electrons. The lowest BCUT2D eigenvalue weighted by atomic mass is 10.0. The number of esters is 1. The Balaban J connectivity index is 3.17. The Hall–Kier alpha value is -1.90. The molecular weight excluding hydrogens is 462 g/mol. The molecule has 188 valence electrons. The van der Waals surface area contributed by atoms with Gasteiger partial charge in [0.15, 0.2) is 5.66 Å². The van der Waals surface area contributed by atoms with Gasteiger partial charge in [0, 0.05) is 0 Å². The van der Waals surface area contributed by atoms with Gasteiger partial charge in [-0.1, -0.05) is 19.1 Å². The van der Waals surface area contributed by atoms with Gasteiger partial charge in [0.25, 0.3) is 0 Å². The van der Waals surface area contributed by atoms with Crippen molar-refractivity contribution in [3.8, 4) is 0 Å². The van der Waals surface area contributed by atoms with Gasteiger partial charge in [0.2, 0.25) is 5.91 Å². The lowest BCUT2D eigenvalue weighted by Crippen LogP contribution is -2.43. The van der Waals surface area contributed by atoms with Crippen LogP contribution < -0.4 is 5.32 Å². The topological polar surface area (TPSA) is 90.9 Å². The van der Waals surface area contributed by atoms with Gasteiger partial charge in [-0.05, 0) is 59.2 Å². The largest absolute Gasteiger partial charge is 0.459 e. The number of amides is 1. The molecule has 1 N–H and O–H groups in total. The van der Waals surface area contributed by atoms with E-state index >= 15 is 0 Å². The van der Waals surface area contributed by atoms with E-state index in [1.54, 1.807) is 41.5 Å². The maximum Gasteiger partial charge on any atom is 0.416 e. The second-order valence-electron chi connectivity index (χ2n) is 8.49. The number of halogens is 3. The van der Waals surface area contributed by atoms with Crippen LogP contribution in [0.5, 0.6) is 0 Å². The van der Waals surface area contributed by atoms with Crippen LogP contribution in [0.2, 0.25) is 0 Å². The maximum atomic E-state index is 13.4. The first-order valence-electron chi connectivity index (χ1n) is 10.6. The quantitative estimate of drug-likeness (QED) is 0.341. The van der Waals surface area contributed by atoms with Crippen molar-refractivity contribution in [1.82, 2.24) is 5.32 Å². The molecule has 2 unspecified atom stereocenters. The minimum absolute atomic E-state index is 0.0210. The van der Waals surface area contributed by atoms with Crippen molar-refractivity contribution >= 4 is 19.5 Å². The van der Waals surface area contributed by atoms with E-state index in [0.717, 1.165) is 12.1 Å². The lowest BCUT2D eigenvalue weighted by Gasteiger charge is -2.31. The average molecular weight is 495 g/mol. The fraction of sp³-hybridized carbons (Fsp3) is 0.636. The minimum atomic E-state index is -4.47. The highest BCUT2D eigenvalue weighted by Gasteiger charge is 2.49. The van der Waals surface area contributed by atoms with Gasteiger partial charge in [-0.15, -0.1) is 0 Å². The fourth-order valence-corrected chi connectivity index (χ4v) is 5.17. The van der Waals surface area contributed by atoms with Gasteiger partial charge >= 0.3 is 19.7 Å². The first-order valence-corrected chi connectivity index (χ1v) is 12.3. The molecule has 0 aliphatic heterocycles. The monoisotopic (exact) mass is 495 g/mol. The molecule has 1 aromatic carbocycles. The van der Waals surface area contributed by atoms with Crippen LogP contribution in [0.3, 0.4) is 0 Å². The summed E-state index contributed by atoms with van der Waals surface area (Å²) in [6.07, 6.45) is -4.47. The van der Waals surface area contributed by atoms with Crippen molar-refractivity contribution in [2.75, 3.05) is 13.2 Å². The zero-order chi connectivity index (χ0) is 25.6. The summed E-state index contributed by atoms with van der Waals surface area (Å²) in [5, 5.41) is 2.65. The summed E-state index contributed by atoms with van der Waals surface area (Å²) >= 11 is 0. The lowest BCUT2D eigenvalue weighted by molar-refractivity contribution is -0.157. The van der Waals surface area contributed by atoms with Crippen LogP contribution in [0.15, 0.2) is 24.3 Å². The molecule has 0 saturated heterocycles. The van der Waals surface area contributed by atoms with E-state index in [4.69, 9.17) is 13.8 Å². The Labute approximate surface area is 192 Å². The second-order valence-corrected chi connectivity index (χ2v) is 10.6. The molecule has 3 atom stereocenters. The van der Waals surface area contributed by atoms with Crippen molar-refractivity contribution in [2.24, 2.45) is 5.92 Å². The maximum absolute atomic E-state index is 13.4. The van der Waals surface area contributed by atoms with Crippen LogP contribution >= 0.6 is 7.60 Å². The normalized spacial score (nSPS) is 15.5. The Kier molecular flexibility index (Phi) is 10.1. The summed E-state index contributed by atoms with van der Waals surface area (Å²) in [6, 6.07) is 3.68. The van der Waals surface area contributed by atoms with E-state index in [9.17, 15) is 27.3 Å². The zero-order valence-electron chi connectivity index (χ0n) is 20.0. The number of nitrogens with one attached hydrogen (secondary N) is 1. The predicted octanol–water partition coefficient (Wildman–Crippen LogP) is 5.50. The molecule has 7 nitrogen and oxygen atoms in total. The molecule has 33 heavy (non-hydrogen) atoms. The van der Waals surface area contributed by atoms with Gasteiger partial charge in [-0.25, -0.2) is 0 Å². The molecule has 0 spiro atoms. The molecule has 0 aliphatic carbocycles. The van der Waals surface area contributed by atoms with Crippen LogP contribution in [0.4, 0.5) is 13.2 Å². The van der Waals surface area contributed by atoms with Crippen LogP contribution in [0, 0.1) is 5.92 Å². The van der Waals surface area contributed by atoms with Gasteiger partial charge in [0.05, 0.1) is 30.7 Å². The number of hydrogen-bond acceptors (Lipinski definition) is 6. The summed E-state index contributed by atoms with van der Waals surface area (Å²) in [5.41, 5.74) is -2.83. The van der Waals surface area contributed by atoms with E-state index in [1.807, 2.05) is 0 Å². The second kappa shape index (κ2) is 11.5. The third kappa shape index (κ3) is 8.43. The third-order valence-corrected chi connectivity index (χ3v) is 7.17. The molecule has 1 rings (SSSR count). The first kappa shape index (κ1) is 29.1. The van der Waals surface area contributed by atoms with E-state index in [0.29, 0.717) is 5.56 Å². The number of carbonyl (C=O) groups excluding carboxylic acids is 2. The van der Waals surface area contributed by atoms with Crippen molar-refractivity contribution in [3.63, 3.8) is 0 Å². The summed E-state index contributed by atoms with van der Waals surface area (Å²) in [4.78, 5) is 25.9. The van der Waals surface area contributed by atoms with Crippen molar-refractivity contribution in [2.45, 2.75) is 71.9 Å². The Morgan fingerprint density at radius 1 is 1.00 bits per heavy atom. The molecule has 0 heterocycles. The van der Waals surface area contributed by atoms with Crippen molar-refractivity contribution < 1.29 is 41.1 Å². The number of alkyl halides is 3. The number of hydrogen-bond donors (Lipinski definition) is 1. The summed E-state index contributed by atoms with van der Waals surface area (Å²) in [7, 11) is -4.08. The summed E-state index contributed by atoms with van der Waals surface area (Å²) in [6.45, 7) is 11.0. The Morgan fingerprint density at radius 3 is 1.88 bits per heavy atom. The van der Waals surface area contributed by atoms with E-state index in [2.05, 4.69) is 5.32 Å². The average Bonchev–Trinajstić information content (AvgIpc) is 2.66. The van der Waals surface area contributed by atoms with E-state index in [-0.39, 0.29) is 13.2 Å². The fourth-order valence-electron chi connectivity index (χ4n) is 3.06.